The van der Waals surface area contributed by atoms with E-state index in [9.17, 15) is 14.0 Å². The lowest BCUT2D eigenvalue weighted by Gasteiger charge is -2.31. The standard InChI is InChI=1S/C14H14FNO5/c1-19-13(17)9-7-21-8-16(12(9)14(18)20-2)11-6-4-3-5-10(11)15/h3-6H,7-8H2,1-2H3. The molecule has 7 heteroatoms. The van der Waals surface area contributed by atoms with Crippen molar-refractivity contribution in [2.75, 3.05) is 32.5 Å². The molecule has 1 aliphatic heterocycles. The highest BCUT2D eigenvalue weighted by atomic mass is 19.1. The van der Waals surface area contributed by atoms with Gasteiger partial charge in [-0.3, -0.25) is 0 Å². The predicted octanol–water partition coefficient (Wildman–Crippen LogP) is 1.22. The molecule has 0 aliphatic carbocycles. The number of methoxy groups -OCH3 is 2. The zero-order valence-electron chi connectivity index (χ0n) is 11.6. The first-order valence-corrected chi connectivity index (χ1v) is 6.09. The summed E-state index contributed by atoms with van der Waals surface area (Å²) in [7, 11) is 2.37. The van der Waals surface area contributed by atoms with Gasteiger partial charge in [-0.25, -0.2) is 14.0 Å². The lowest BCUT2D eigenvalue weighted by molar-refractivity contribution is -0.140. The Labute approximate surface area is 120 Å². The van der Waals surface area contributed by atoms with Gasteiger partial charge >= 0.3 is 11.9 Å². The summed E-state index contributed by atoms with van der Waals surface area (Å²) in [5, 5.41) is 0. The van der Waals surface area contributed by atoms with Crippen LogP contribution < -0.4 is 4.90 Å². The Morgan fingerprint density at radius 1 is 1.19 bits per heavy atom. The van der Waals surface area contributed by atoms with Gasteiger partial charge in [-0.1, -0.05) is 12.1 Å². The van der Waals surface area contributed by atoms with Crippen molar-refractivity contribution >= 4 is 17.6 Å². The van der Waals surface area contributed by atoms with Crippen LogP contribution in [0.25, 0.3) is 0 Å². The van der Waals surface area contributed by atoms with E-state index in [4.69, 9.17) is 4.74 Å². The van der Waals surface area contributed by atoms with Crippen LogP contribution in [0.5, 0.6) is 0 Å². The number of hydrogen-bond donors (Lipinski definition) is 0. The lowest BCUT2D eigenvalue weighted by Crippen LogP contribution is -2.39. The van der Waals surface area contributed by atoms with Crippen molar-refractivity contribution in [1.82, 2.24) is 0 Å². The summed E-state index contributed by atoms with van der Waals surface area (Å²) in [5.41, 5.74) is 0.0126. The highest BCUT2D eigenvalue weighted by molar-refractivity contribution is 6.03. The number of benzene rings is 1. The third-order valence-corrected chi connectivity index (χ3v) is 2.98. The van der Waals surface area contributed by atoms with E-state index in [1.165, 1.54) is 37.3 Å². The highest BCUT2D eigenvalue weighted by Gasteiger charge is 2.33. The molecule has 0 unspecified atom stereocenters. The maximum Gasteiger partial charge on any atom is 0.355 e. The SMILES string of the molecule is COC(=O)C1=C(C(=O)OC)N(c2ccccc2F)COC1. The first kappa shape index (κ1) is 15.0. The fourth-order valence-corrected chi connectivity index (χ4v) is 2.00. The molecule has 0 saturated heterocycles. The number of carbonyl (C=O) groups is 2. The third-order valence-electron chi connectivity index (χ3n) is 2.98. The fourth-order valence-electron chi connectivity index (χ4n) is 2.00. The molecule has 1 heterocycles. The third kappa shape index (κ3) is 2.87. The van der Waals surface area contributed by atoms with Crippen LogP contribution in [0.1, 0.15) is 0 Å². The lowest BCUT2D eigenvalue weighted by atomic mass is 10.1. The number of esters is 2. The molecule has 0 saturated carbocycles. The molecule has 112 valence electrons. The normalized spacial score (nSPS) is 14.9. The summed E-state index contributed by atoms with van der Waals surface area (Å²) in [6.45, 7) is -0.187. The van der Waals surface area contributed by atoms with Gasteiger partial charge in [0.25, 0.3) is 0 Å². The van der Waals surface area contributed by atoms with E-state index in [1.54, 1.807) is 6.07 Å². The Morgan fingerprint density at radius 2 is 1.86 bits per heavy atom. The molecule has 6 nitrogen and oxygen atoms in total. The molecule has 21 heavy (non-hydrogen) atoms. The molecule has 0 aromatic heterocycles. The van der Waals surface area contributed by atoms with Crippen molar-refractivity contribution in [2.45, 2.75) is 0 Å². The van der Waals surface area contributed by atoms with Crippen molar-refractivity contribution in [1.29, 1.82) is 0 Å². The van der Waals surface area contributed by atoms with Crippen LogP contribution >= 0.6 is 0 Å². The number of ether oxygens (including phenoxy) is 3. The Balaban J connectivity index is 2.56. The zero-order valence-corrected chi connectivity index (χ0v) is 11.6. The van der Waals surface area contributed by atoms with Gasteiger partial charge in [0, 0.05) is 0 Å². The van der Waals surface area contributed by atoms with Gasteiger partial charge in [0.15, 0.2) is 0 Å². The zero-order chi connectivity index (χ0) is 15.4. The Morgan fingerprint density at radius 3 is 2.48 bits per heavy atom. The van der Waals surface area contributed by atoms with Crippen LogP contribution in [0.3, 0.4) is 0 Å². The minimum atomic E-state index is -0.762. The Bertz CT molecular complexity index is 599. The van der Waals surface area contributed by atoms with Crippen LogP contribution in [0, 0.1) is 5.82 Å². The summed E-state index contributed by atoms with van der Waals surface area (Å²) in [6, 6.07) is 5.85. The van der Waals surface area contributed by atoms with Crippen molar-refractivity contribution < 1.29 is 28.2 Å². The first-order valence-electron chi connectivity index (χ1n) is 6.09. The topological polar surface area (TPSA) is 65.1 Å². The van der Waals surface area contributed by atoms with Gasteiger partial charge in [0.05, 0.1) is 32.1 Å². The minimum absolute atomic E-state index is 0.0150. The molecule has 0 amide bonds. The Hall–Kier alpha value is -2.41. The van der Waals surface area contributed by atoms with Crippen molar-refractivity contribution in [3.63, 3.8) is 0 Å². The number of para-hydroxylation sites is 1. The largest absolute Gasteiger partial charge is 0.466 e. The van der Waals surface area contributed by atoms with Gasteiger partial charge in [0.1, 0.15) is 18.2 Å². The summed E-state index contributed by atoms with van der Waals surface area (Å²) >= 11 is 0. The second kappa shape index (κ2) is 6.36. The van der Waals surface area contributed by atoms with Crippen LogP contribution in [0.2, 0.25) is 0 Å². The van der Waals surface area contributed by atoms with Gasteiger partial charge in [0.2, 0.25) is 0 Å². The summed E-state index contributed by atoms with van der Waals surface area (Å²) < 4.78 is 28.5. The molecule has 2 rings (SSSR count). The van der Waals surface area contributed by atoms with Gasteiger partial charge in [-0.15, -0.1) is 0 Å². The van der Waals surface area contributed by atoms with Crippen molar-refractivity contribution in [3.8, 4) is 0 Å². The molecule has 0 bridgehead atoms. The van der Waals surface area contributed by atoms with Gasteiger partial charge in [-0.05, 0) is 12.1 Å². The summed E-state index contributed by atoms with van der Waals surface area (Å²) in [4.78, 5) is 25.0. The smallest absolute Gasteiger partial charge is 0.355 e. The van der Waals surface area contributed by atoms with Crippen molar-refractivity contribution in [2.24, 2.45) is 0 Å². The van der Waals surface area contributed by atoms with E-state index in [1.807, 2.05) is 0 Å². The van der Waals surface area contributed by atoms with Gasteiger partial charge in [-0.2, -0.15) is 0 Å². The number of hydrogen-bond acceptors (Lipinski definition) is 6. The average Bonchev–Trinajstić information content (AvgIpc) is 2.53. The monoisotopic (exact) mass is 295 g/mol. The fraction of sp³-hybridized carbons (Fsp3) is 0.286. The van der Waals surface area contributed by atoms with Gasteiger partial charge < -0.3 is 19.1 Å². The van der Waals surface area contributed by atoms with E-state index in [0.717, 1.165) is 0 Å². The van der Waals surface area contributed by atoms with E-state index in [0.29, 0.717) is 0 Å². The first-order chi connectivity index (χ1) is 10.1. The van der Waals surface area contributed by atoms with E-state index < -0.39 is 17.8 Å². The Kier molecular flexibility index (Phi) is 4.54. The van der Waals surface area contributed by atoms with Crippen LogP contribution in [-0.4, -0.2) is 39.5 Å². The number of halogens is 1. The van der Waals surface area contributed by atoms with Crippen LogP contribution in [0.15, 0.2) is 35.5 Å². The molecule has 0 fully saturated rings. The van der Waals surface area contributed by atoms with E-state index in [-0.39, 0.29) is 30.3 Å². The van der Waals surface area contributed by atoms with E-state index >= 15 is 0 Å². The number of carbonyl (C=O) groups excluding carboxylic acids is 2. The molecular formula is C14H14FNO5. The summed E-state index contributed by atoms with van der Waals surface area (Å²) in [5.74, 6) is -2.04. The molecule has 0 atom stereocenters. The molecule has 0 N–H and O–H groups in total. The minimum Gasteiger partial charge on any atom is -0.466 e. The average molecular weight is 295 g/mol. The number of rotatable bonds is 3. The molecule has 1 aromatic rings. The number of anilines is 1. The second-order valence-electron chi connectivity index (χ2n) is 4.17. The van der Waals surface area contributed by atoms with Crippen LogP contribution in [0.4, 0.5) is 10.1 Å². The van der Waals surface area contributed by atoms with E-state index in [2.05, 4.69) is 9.47 Å². The molecule has 1 aromatic carbocycles. The molecular weight excluding hydrogens is 281 g/mol. The van der Waals surface area contributed by atoms with Crippen LogP contribution in [-0.2, 0) is 23.8 Å². The van der Waals surface area contributed by atoms with Crippen molar-refractivity contribution in [3.05, 3.63) is 41.4 Å². The maximum absolute atomic E-state index is 13.9. The number of nitrogens with zero attached hydrogens (tertiary/aromatic N) is 1. The highest BCUT2D eigenvalue weighted by Crippen LogP contribution is 2.28. The predicted molar refractivity (Wildman–Crippen MR) is 70.8 cm³/mol. The molecule has 1 aliphatic rings. The quantitative estimate of drug-likeness (QED) is 0.781. The summed E-state index contributed by atoms with van der Waals surface area (Å²) in [6.07, 6.45) is 0. The molecule has 0 radical (unpaired) electrons. The second-order valence-corrected chi connectivity index (χ2v) is 4.17. The maximum atomic E-state index is 13.9. The molecule has 0 spiro atoms.